The van der Waals surface area contributed by atoms with Gasteiger partial charge in [0.25, 0.3) is 0 Å². The van der Waals surface area contributed by atoms with E-state index >= 15 is 0 Å². The van der Waals surface area contributed by atoms with Crippen LogP contribution < -0.4 is 0 Å². The zero-order valence-corrected chi connectivity index (χ0v) is 5.59. The molecule has 0 fully saturated rings. The molecule has 0 atom stereocenters. The van der Waals surface area contributed by atoms with E-state index in [1.165, 1.54) is 0 Å². The summed E-state index contributed by atoms with van der Waals surface area (Å²) in [5.41, 5.74) is 0. The highest BCUT2D eigenvalue weighted by Gasteiger charge is 1.70. The predicted octanol–water partition coefficient (Wildman–Crippen LogP) is 2.34. The van der Waals surface area contributed by atoms with Gasteiger partial charge < -0.3 is 0 Å². The van der Waals surface area contributed by atoms with Crippen molar-refractivity contribution >= 4 is 17.1 Å². The maximum Gasteiger partial charge on any atom is 0.0118 e. The van der Waals surface area contributed by atoms with Crippen LogP contribution in [-0.4, -0.2) is 4.86 Å². The molecule has 0 aromatic rings. The Morgan fingerprint density at radius 3 is 2.43 bits per heavy atom. The SMILES string of the molecule is CC/C=C\C(C)=S. The van der Waals surface area contributed by atoms with Crippen LogP contribution >= 0.6 is 12.2 Å². The van der Waals surface area contributed by atoms with Crippen molar-refractivity contribution in [3.05, 3.63) is 12.2 Å². The van der Waals surface area contributed by atoms with Crippen LogP contribution in [0.2, 0.25) is 0 Å². The smallest absolute Gasteiger partial charge is 0.0118 e. The van der Waals surface area contributed by atoms with E-state index in [2.05, 4.69) is 13.0 Å². The van der Waals surface area contributed by atoms with Gasteiger partial charge in [0.05, 0.1) is 0 Å². The molecule has 7 heavy (non-hydrogen) atoms. The summed E-state index contributed by atoms with van der Waals surface area (Å²) >= 11 is 4.77. The minimum atomic E-state index is 0.960. The molecule has 0 saturated heterocycles. The average molecular weight is 114 g/mol. The van der Waals surface area contributed by atoms with Gasteiger partial charge in [-0.25, -0.2) is 0 Å². The highest BCUT2D eigenvalue weighted by Crippen LogP contribution is 1.81. The predicted molar refractivity (Wildman–Crippen MR) is 37.7 cm³/mol. The summed E-state index contributed by atoms with van der Waals surface area (Å²) in [5.74, 6) is 0. The third-order valence-corrected chi connectivity index (χ3v) is 0.724. The summed E-state index contributed by atoms with van der Waals surface area (Å²) in [5, 5.41) is 0. The van der Waals surface area contributed by atoms with Gasteiger partial charge in [-0.2, -0.15) is 0 Å². The van der Waals surface area contributed by atoms with E-state index in [0.717, 1.165) is 11.3 Å². The van der Waals surface area contributed by atoms with Crippen LogP contribution in [-0.2, 0) is 0 Å². The molecule has 0 aromatic heterocycles. The molecule has 0 saturated carbocycles. The Balaban J connectivity index is 3.26. The first-order chi connectivity index (χ1) is 3.27. The third kappa shape index (κ3) is 5.83. The van der Waals surface area contributed by atoms with Crippen LogP contribution in [0.5, 0.6) is 0 Å². The molecule has 0 aliphatic carbocycles. The number of hydrogen-bond acceptors (Lipinski definition) is 1. The fourth-order valence-electron chi connectivity index (χ4n) is 0.284. The largest absolute Gasteiger partial charge is 0.0852 e. The van der Waals surface area contributed by atoms with Gasteiger partial charge in [0, 0.05) is 4.86 Å². The molecule has 0 aromatic carbocycles. The number of hydrogen-bond donors (Lipinski definition) is 0. The Hall–Kier alpha value is -0.170. The molecule has 0 bridgehead atoms. The molecule has 0 heterocycles. The lowest BCUT2D eigenvalue weighted by molar-refractivity contribution is 1.23. The van der Waals surface area contributed by atoms with E-state index in [-0.39, 0.29) is 0 Å². The summed E-state index contributed by atoms with van der Waals surface area (Å²) in [4.78, 5) is 0.960. The van der Waals surface area contributed by atoms with Crippen LogP contribution in [0.25, 0.3) is 0 Å². The van der Waals surface area contributed by atoms with E-state index in [1.807, 2.05) is 13.0 Å². The molecule has 1 heteroatoms. The molecule has 0 aliphatic heterocycles. The van der Waals surface area contributed by atoms with Crippen molar-refractivity contribution in [1.82, 2.24) is 0 Å². The fraction of sp³-hybridized carbons (Fsp3) is 0.500. The second-order valence-electron chi connectivity index (χ2n) is 1.42. The topological polar surface area (TPSA) is 0 Å². The Bertz CT molecular complexity index is 82.2. The molecule has 0 amide bonds. The molecule has 0 spiro atoms. The number of rotatable bonds is 2. The normalized spacial score (nSPS) is 10.0. The van der Waals surface area contributed by atoms with Crippen molar-refractivity contribution in [1.29, 1.82) is 0 Å². The third-order valence-electron chi connectivity index (χ3n) is 0.588. The average Bonchev–Trinajstić information content (AvgIpc) is 1.61. The molecule has 40 valence electrons. The molecule has 0 radical (unpaired) electrons. The second-order valence-corrected chi connectivity index (χ2v) is 2.07. The van der Waals surface area contributed by atoms with Gasteiger partial charge in [0.15, 0.2) is 0 Å². The minimum Gasteiger partial charge on any atom is -0.0852 e. The Labute approximate surface area is 50.2 Å². The number of allylic oxidation sites excluding steroid dienone is 2. The summed E-state index contributed by atoms with van der Waals surface area (Å²) in [6.07, 6.45) is 5.09. The van der Waals surface area contributed by atoms with Crippen molar-refractivity contribution in [2.75, 3.05) is 0 Å². The van der Waals surface area contributed by atoms with Gasteiger partial charge in [0.1, 0.15) is 0 Å². The van der Waals surface area contributed by atoms with Gasteiger partial charge in [-0.1, -0.05) is 31.3 Å². The Kier molecular flexibility index (Phi) is 3.90. The van der Waals surface area contributed by atoms with E-state index in [0.29, 0.717) is 0 Å². The maximum atomic E-state index is 4.77. The summed E-state index contributed by atoms with van der Waals surface area (Å²) < 4.78 is 0. The zero-order chi connectivity index (χ0) is 5.70. The van der Waals surface area contributed by atoms with Gasteiger partial charge in [-0.15, -0.1) is 0 Å². The molecule has 0 aliphatic rings. The van der Waals surface area contributed by atoms with E-state index in [4.69, 9.17) is 12.2 Å². The highest BCUT2D eigenvalue weighted by molar-refractivity contribution is 7.80. The molecule has 0 rings (SSSR count). The Morgan fingerprint density at radius 1 is 1.71 bits per heavy atom. The lowest BCUT2D eigenvalue weighted by atomic mass is 10.4. The Morgan fingerprint density at radius 2 is 2.29 bits per heavy atom. The molecular formula is C6H10S. The second kappa shape index (κ2) is 4.00. The summed E-state index contributed by atoms with van der Waals surface area (Å²) in [6.45, 7) is 4.01. The standard InChI is InChI=1S/C6H10S/c1-3-4-5-6(2)7/h4-5H,3H2,1-2H3/b5-4-. The van der Waals surface area contributed by atoms with Crippen molar-refractivity contribution in [2.45, 2.75) is 20.3 Å². The highest BCUT2D eigenvalue weighted by atomic mass is 32.1. The van der Waals surface area contributed by atoms with Crippen molar-refractivity contribution < 1.29 is 0 Å². The lowest BCUT2D eigenvalue weighted by Crippen LogP contribution is -1.72. The van der Waals surface area contributed by atoms with E-state index < -0.39 is 0 Å². The molecule has 0 unspecified atom stereocenters. The summed E-state index contributed by atoms with van der Waals surface area (Å²) in [7, 11) is 0. The maximum absolute atomic E-state index is 4.77. The lowest BCUT2D eigenvalue weighted by Gasteiger charge is -1.77. The van der Waals surface area contributed by atoms with Crippen LogP contribution in [0.4, 0.5) is 0 Å². The first kappa shape index (κ1) is 6.83. The van der Waals surface area contributed by atoms with E-state index in [9.17, 15) is 0 Å². The van der Waals surface area contributed by atoms with Gasteiger partial charge in [-0.05, 0) is 13.3 Å². The van der Waals surface area contributed by atoms with E-state index in [1.54, 1.807) is 0 Å². The molecule has 0 nitrogen and oxygen atoms in total. The fourth-order valence-corrected chi connectivity index (χ4v) is 0.380. The quantitative estimate of drug-likeness (QED) is 0.392. The van der Waals surface area contributed by atoms with Crippen molar-refractivity contribution in [3.63, 3.8) is 0 Å². The van der Waals surface area contributed by atoms with Crippen LogP contribution in [0.1, 0.15) is 20.3 Å². The zero-order valence-electron chi connectivity index (χ0n) is 4.77. The van der Waals surface area contributed by atoms with Crippen molar-refractivity contribution in [2.24, 2.45) is 0 Å². The first-order valence-corrected chi connectivity index (χ1v) is 2.85. The monoisotopic (exact) mass is 114 g/mol. The molecule has 0 N–H and O–H groups in total. The minimum absolute atomic E-state index is 0.960. The first-order valence-electron chi connectivity index (χ1n) is 2.44. The van der Waals surface area contributed by atoms with Crippen molar-refractivity contribution in [3.8, 4) is 0 Å². The van der Waals surface area contributed by atoms with Crippen LogP contribution in [0, 0.1) is 0 Å². The van der Waals surface area contributed by atoms with Gasteiger partial charge in [-0.3, -0.25) is 0 Å². The molecular weight excluding hydrogens is 104 g/mol. The summed E-state index contributed by atoms with van der Waals surface area (Å²) in [6, 6.07) is 0. The van der Waals surface area contributed by atoms with Crippen LogP contribution in [0.3, 0.4) is 0 Å². The van der Waals surface area contributed by atoms with Crippen LogP contribution in [0.15, 0.2) is 12.2 Å². The number of thiocarbonyl (C=S) groups is 1. The van der Waals surface area contributed by atoms with Gasteiger partial charge >= 0.3 is 0 Å². The van der Waals surface area contributed by atoms with Gasteiger partial charge in [0.2, 0.25) is 0 Å².